The van der Waals surface area contributed by atoms with E-state index in [2.05, 4.69) is 21.0 Å². The summed E-state index contributed by atoms with van der Waals surface area (Å²) in [7, 11) is 0. The molecule has 0 amide bonds. The van der Waals surface area contributed by atoms with Gasteiger partial charge in [0.2, 0.25) is 0 Å². The number of fused-ring (bicyclic) bond motifs is 1. The lowest BCUT2D eigenvalue weighted by Crippen LogP contribution is -2.47. The van der Waals surface area contributed by atoms with Crippen LogP contribution in [0, 0.1) is 11.6 Å². The van der Waals surface area contributed by atoms with E-state index in [1.54, 1.807) is 6.20 Å². The zero-order valence-corrected chi connectivity index (χ0v) is 14.3. The monoisotopic (exact) mass is 355 g/mol. The van der Waals surface area contributed by atoms with Gasteiger partial charge in [-0.3, -0.25) is 0 Å². The van der Waals surface area contributed by atoms with Crippen molar-refractivity contribution in [2.24, 2.45) is 0 Å². The molecule has 0 N–H and O–H groups in total. The third kappa shape index (κ3) is 2.67. The number of aromatic nitrogens is 3. The van der Waals surface area contributed by atoms with Crippen molar-refractivity contribution in [1.82, 2.24) is 14.6 Å². The van der Waals surface area contributed by atoms with Crippen LogP contribution in [-0.4, -0.2) is 40.8 Å². The number of hydrogen-bond donors (Lipinski definition) is 0. The van der Waals surface area contributed by atoms with Crippen molar-refractivity contribution in [2.75, 3.05) is 36.0 Å². The Morgan fingerprint density at radius 3 is 2.46 bits per heavy atom. The Balaban J connectivity index is 1.37. The van der Waals surface area contributed by atoms with Crippen LogP contribution in [0.2, 0.25) is 0 Å². The zero-order valence-electron chi connectivity index (χ0n) is 14.3. The first-order chi connectivity index (χ1) is 12.7. The van der Waals surface area contributed by atoms with Crippen LogP contribution in [0.15, 0.2) is 36.7 Å². The van der Waals surface area contributed by atoms with Crippen LogP contribution in [0.5, 0.6) is 0 Å². The average Bonchev–Trinajstić information content (AvgIpc) is 3.40. The van der Waals surface area contributed by atoms with Crippen molar-refractivity contribution >= 4 is 17.0 Å². The minimum Gasteiger partial charge on any atom is -0.366 e. The maximum Gasteiger partial charge on any atom is 0.154 e. The number of anilines is 2. The molecule has 3 heterocycles. The quantitative estimate of drug-likeness (QED) is 0.723. The van der Waals surface area contributed by atoms with E-state index >= 15 is 0 Å². The Morgan fingerprint density at radius 1 is 0.962 bits per heavy atom. The summed E-state index contributed by atoms with van der Waals surface area (Å²) in [5.74, 6) is 0.462. The van der Waals surface area contributed by atoms with Gasteiger partial charge in [-0.05, 0) is 31.0 Å². The smallest absolute Gasteiger partial charge is 0.154 e. The van der Waals surface area contributed by atoms with E-state index in [0.29, 0.717) is 24.7 Å². The fourth-order valence-corrected chi connectivity index (χ4v) is 3.65. The molecule has 1 saturated carbocycles. The Hall–Kier alpha value is -2.70. The molecule has 2 aromatic heterocycles. The molecule has 5 rings (SSSR count). The SMILES string of the molecule is Fc1ccc(N2CCN(c3nccn4nc(C5CC5)cc34)CC2)c(F)c1. The Morgan fingerprint density at radius 2 is 1.73 bits per heavy atom. The normalized spacial score (nSPS) is 17.9. The molecule has 5 nitrogen and oxygen atoms in total. The van der Waals surface area contributed by atoms with Gasteiger partial charge in [0.15, 0.2) is 5.82 Å². The Bertz CT molecular complexity index is 958. The maximum absolute atomic E-state index is 14.0. The lowest BCUT2D eigenvalue weighted by atomic mass is 10.2. The molecule has 1 aliphatic heterocycles. The molecule has 2 aliphatic rings. The summed E-state index contributed by atoms with van der Waals surface area (Å²) >= 11 is 0. The summed E-state index contributed by atoms with van der Waals surface area (Å²) in [5.41, 5.74) is 2.62. The summed E-state index contributed by atoms with van der Waals surface area (Å²) in [5, 5.41) is 4.67. The van der Waals surface area contributed by atoms with Crippen LogP contribution in [0.1, 0.15) is 24.5 Å². The van der Waals surface area contributed by atoms with E-state index in [1.807, 2.05) is 15.6 Å². The third-order valence-corrected chi connectivity index (χ3v) is 5.21. The number of rotatable bonds is 3. The van der Waals surface area contributed by atoms with E-state index < -0.39 is 11.6 Å². The second-order valence-electron chi connectivity index (χ2n) is 6.99. The molecular weight excluding hydrogens is 336 g/mol. The van der Waals surface area contributed by atoms with Crippen molar-refractivity contribution in [3.05, 3.63) is 54.0 Å². The standard InChI is InChI=1S/C19H19F2N5/c20-14-3-4-17(15(21)11-14)24-7-9-25(10-8-24)19-18-12-16(13-1-2-13)23-26(18)6-5-22-19/h3-6,11-13H,1-2,7-10H2. The fourth-order valence-electron chi connectivity index (χ4n) is 3.65. The van der Waals surface area contributed by atoms with Crippen molar-refractivity contribution < 1.29 is 8.78 Å². The summed E-state index contributed by atoms with van der Waals surface area (Å²) < 4.78 is 29.1. The van der Waals surface area contributed by atoms with Crippen LogP contribution < -0.4 is 9.80 Å². The van der Waals surface area contributed by atoms with Gasteiger partial charge in [-0.25, -0.2) is 18.3 Å². The molecule has 134 valence electrons. The lowest BCUT2D eigenvalue weighted by Gasteiger charge is -2.36. The molecule has 26 heavy (non-hydrogen) atoms. The van der Waals surface area contributed by atoms with Gasteiger partial charge >= 0.3 is 0 Å². The Labute approximate surface area is 149 Å². The van der Waals surface area contributed by atoms with Crippen molar-refractivity contribution in [3.63, 3.8) is 0 Å². The fraction of sp³-hybridized carbons (Fsp3) is 0.368. The van der Waals surface area contributed by atoms with E-state index in [4.69, 9.17) is 0 Å². The lowest BCUT2D eigenvalue weighted by molar-refractivity contribution is 0.570. The second kappa shape index (κ2) is 5.93. The van der Waals surface area contributed by atoms with Crippen LogP contribution in [0.25, 0.3) is 5.52 Å². The van der Waals surface area contributed by atoms with Crippen molar-refractivity contribution in [2.45, 2.75) is 18.8 Å². The first-order valence-corrected chi connectivity index (χ1v) is 8.98. The molecule has 7 heteroatoms. The molecule has 0 bridgehead atoms. The van der Waals surface area contributed by atoms with Gasteiger partial charge in [-0.15, -0.1) is 0 Å². The highest BCUT2D eigenvalue weighted by molar-refractivity contribution is 5.70. The number of halogens is 2. The largest absolute Gasteiger partial charge is 0.366 e. The Kier molecular flexibility index (Phi) is 3.55. The van der Waals surface area contributed by atoms with Gasteiger partial charge in [0, 0.05) is 50.6 Å². The van der Waals surface area contributed by atoms with Crippen molar-refractivity contribution in [1.29, 1.82) is 0 Å². The number of piperazine rings is 1. The first kappa shape index (κ1) is 15.5. The van der Waals surface area contributed by atoms with Crippen LogP contribution in [0.4, 0.5) is 20.3 Å². The molecule has 0 radical (unpaired) electrons. The van der Waals surface area contributed by atoms with Crippen LogP contribution in [-0.2, 0) is 0 Å². The van der Waals surface area contributed by atoms with E-state index in [0.717, 1.165) is 36.2 Å². The predicted molar refractivity (Wildman–Crippen MR) is 95.7 cm³/mol. The van der Waals surface area contributed by atoms with Crippen molar-refractivity contribution in [3.8, 4) is 0 Å². The van der Waals surface area contributed by atoms with Gasteiger partial charge in [-0.2, -0.15) is 5.10 Å². The number of benzene rings is 1. The molecule has 0 unspecified atom stereocenters. The number of hydrogen-bond acceptors (Lipinski definition) is 4. The molecule has 2 fully saturated rings. The van der Waals surface area contributed by atoms with Gasteiger partial charge < -0.3 is 9.80 Å². The van der Waals surface area contributed by atoms with Crippen LogP contribution >= 0.6 is 0 Å². The molecule has 3 aromatic rings. The highest BCUT2D eigenvalue weighted by atomic mass is 19.1. The molecule has 0 spiro atoms. The average molecular weight is 355 g/mol. The first-order valence-electron chi connectivity index (χ1n) is 8.98. The molecular formula is C19H19F2N5. The number of nitrogens with zero attached hydrogens (tertiary/aromatic N) is 5. The van der Waals surface area contributed by atoms with Gasteiger partial charge in [0.1, 0.15) is 17.2 Å². The van der Waals surface area contributed by atoms with Crippen LogP contribution in [0.3, 0.4) is 0 Å². The van der Waals surface area contributed by atoms with E-state index in [1.165, 1.54) is 25.0 Å². The van der Waals surface area contributed by atoms with Gasteiger partial charge in [-0.1, -0.05) is 0 Å². The highest BCUT2D eigenvalue weighted by Crippen LogP contribution is 2.40. The second-order valence-corrected chi connectivity index (χ2v) is 6.99. The maximum atomic E-state index is 14.0. The molecule has 1 aromatic carbocycles. The summed E-state index contributed by atoms with van der Waals surface area (Å²) in [6.45, 7) is 2.78. The summed E-state index contributed by atoms with van der Waals surface area (Å²) in [6, 6.07) is 5.90. The molecule has 0 atom stereocenters. The third-order valence-electron chi connectivity index (χ3n) is 5.21. The highest BCUT2D eigenvalue weighted by Gasteiger charge is 2.28. The summed E-state index contributed by atoms with van der Waals surface area (Å²) in [4.78, 5) is 8.74. The van der Waals surface area contributed by atoms with Gasteiger partial charge in [0.05, 0.1) is 11.4 Å². The molecule has 1 aliphatic carbocycles. The predicted octanol–water partition coefficient (Wildman–Crippen LogP) is 3.21. The zero-order chi connectivity index (χ0) is 17.7. The van der Waals surface area contributed by atoms with Gasteiger partial charge in [0.25, 0.3) is 0 Å². The molecule has 1 saturated heterocycles. The topological polar surface area (TPSA) is 36.7 Å². The minimum absolute atomic E-state index is 0.456. The minimum atomic E-state index is -0.548. The van der Waals surface area contributed by atoms with E-state index in [9.17, 15) is 8.78 Å². The summed E-state index contributed by atoms with van der Waals surface area (Å²) in [6.07, 6.45) is 6.09. The van der Waals surface area contributed by atoms with E-state index in [-0.39, 0.29) is 0 Å².